The summed E-state index contributed by atoms with van der Waals surface area (Å²) in [6, 6.07) is 6.80. The predicted molar refractivity (Wildman–Crippen MR) is 78.8 cm³/mol. The molecule has 0 atom stereocenters. The summed E-state index contributed by atoms with van der Waals surface area (Å²) in [5.74, 6) is -0.283. The van der Waals surface area contributed by atoms with Gasteiger partial charge in [0.1, 0.15) is 17.8 Å². The van der Waals surface area contributed by atoms with Gasteiger partial charge in [-0.2, -0.15) is 0 Å². The van der Waals surface area contributed by atoms with Gasteiger partial charge in [-0.3, -0.25) is 0 Å². The zero-order chi connectivity index (χ0) is 13.2. The molecule has 0 saturated heterocycles. The van der Waals surface area contributed by atoms with E-state index in [0.717, 1.165) is 16.6 Å². The Balaban J connectivity index is 0.00000147. The molecule has 0 saturated carbocycles. The second kappa shape index (κ2) is 5.90. The third-order valence-corrected chi connectivity index (χ3v) is 2.91. The average Bonchev–Trinajstić information content (AvgIpc) is 3.04. The Bertz CT molecular complexity index is 734. The van der Waals surface area contributed by atoms with Crippen molar-refractivity contribution in [3.63, 3.8) is 0 Å². The van der Waals surface area contributed by atoms with Crippen molar-refractivity contribution < 1.29 is 8.91 Å². The summed E-state index contributed by atoms with van der Waals surface area (Å²) in [6.07, 6.45) is 4.83. The van der Waals surface area contributed by atoms with Crippen LogP contribution < -0.4 is 5.73 Å². The molecule has 3 aromatic rings. The standard InChI is InChI=1S/C14H12FN3O.ClH/c15-13-6-10-5-12(8-16)17-14(10)7-9(13)1-2-11-3-4-19-18-11;/h1-7,17H,8,16H2;1H/b2-1+;. The Kier molecular flexibility index (Phi) is 4.22. The van der Waals surface area contributed by atoms with Crippen LogP contribution in [0.3, 0.4) is 0 Å². The zero-order valence-electron chi connectivity index (χ0n) is 10.5. The Labute approximate surface area is 120 Å². The monoisotopic (exact) mass is 293 g/mol. The normalized spacial score (nSPS) is 11.1. The van der Waals surface area contributed by atoms with Gasteiger partial charge in [-0.15, -0.1) is 12.4 Å². The van der Waals surface area contributed by atoms with Crippen LogP contribution in [0.4, 0.5) is 4.39 Å². The first-order chi connectivity index (χ1) is 9.26. The summed E-state index contributed by atoms with van der Waals surface area (Å²) in [5, 5.41) is 4.55. The van der Waals surface area contributed by atoms with Gasteiger partial charge >= 0.3 is 0 Å². The number of rotatable bonds is 3. The van der Waals surface area contributed by atoms with E-state index in [9.17, 15) is 4.39 Å². The number of H-pyrrole nitrogens is 1. The van der Waals surface area contributed by atoms with Gasteiger partial charge in [0, 0.05) is 34.8 Å². The number of aromatic amines is 1. The first kappa shape index (κ1) is 14.3. The van der Waals surface area contributed by atoms with Crippen molar-refractivity contribution in [2.24, 2.45) is 5.73 Å². The number of nitrogens with one attached hydrogen (secondary N) is 1. The lowest BCUT2D eigenvalue weighted by Crippen LogP contribution is -1.94. The number of aromatic nitrogens is 2. The zero-order valence-corrected chi connectivity index (χ0v) is 11.3. The van der Waals surface area contributed by atoms with Crippen molar-refractivity contribution in [3.05, 3.63) is 53.3 Å². The van der Waals surface area contributed by atoms with Gasteiger partial charge in [0.15, 0.2) is 0 Å². The second-order valence-corrected chi connectivity index (χ2v) is 4.22. The number of fused-ring (bicyclic) bond motifs is 1. The van der Waals surface area contributed by atoms with Gasteiger partial charge in [-0.25, -0.2) is 4.39 Å². The average molecular weight is 294 g/mol. The fourth-order valence-corrected chi connectivity index (χ4v) is 1.95. The van der Waals surface area contributed by atoms with E-state index in [1.54, 1.807) is 24.3 Å². The van der Waals surface area contributed by atoms with Gasteiger partial charge < -0.3 is 15.2 Å². The fourth-order valence-electron chi connectivity index (χ4n) is 1.95. The first-order valence-electron chi connectivity index (χ1n) is 5.86. The quantitative estimate of drug-likeness (QED) is 0.778. The molecule has 3 N–H and O–H groups in total. The molecular formula is C14H13ClFN3O. The number of halogens is 2. The van der Waals surface area contributed by atoms with Crippen molar-refractivity contribution in [1.29, 1.82) is 0 Å². The van der Waals surface area contributed by atoms with Crippen LogP contribution in [0.2, 0.25) is 0 Å². The van der Waals surface area contributed by atoms with E-state index in [-0.39, 0.29) is 18.2 Å². The van der Waals surface area contributed by atoms with E-state index >= 15 is 0 Å². The van der Waals surface area contributed by atoms with Crippen molar-refractivity contribution in [2.75, 3.05) is 0 Å². The summed E-state index contributed by atoms with van der Waals surface area (Å²) in [5.41, 5.74) is 8.43. The highest BCUT2D eigenvalue weighted by atomic mass is 35.5. The number of nitrogens with two attached hydrogens (primary N) is 1. The summed E-state index contributed by atoms with van der Waals surface area (Å²) in [7, 11) is 0. The molecule has 0 amide bonds. The molecule has 0 unspecified atom stereocenters. The van der Waals surface area contributed by atoms with Crippen molar-refractivity contribution in [3.8, 4) is 0 Å². The second-order valence-electron chi connectivity index (χ2n) is 4.22. The summed E-state index contributed by atoms with van der Waals surface area (Å²) < 4.78 is 18.6. The molecule has 0 aliphatic carbocycles. The van der Waals surface area contributed by atoms with Crippen LogP contribution in [0.25, 0.3) is 23.1 Å². The lowest BCUT2D eigenvalue weighted by molar-refractivity contribution is 0.418. The molecule has 104 valence electrons. The number of hydrogen-bond donors (Lipinski definition) is 2. The highest BCUT2D eigenvalue weighted by Gasteiger charge is 2.05. The SMILES string of the molecule is Cl.NCc1cc2cc(F)c(/C=C/c3ccon3)cc2[nH]1. The molecule has 0 aliphatic rings. The van der Waals surface area contributed by atoms with E-state index in [1.807, 2.05) is 6.07 Å². The highest BCUT2D eigenvalue weighted by molar-refractivity contribution is 5.85. The van der Waals surface area contributed by atoms with Gasteiger partial charge in [-0.05, 0) is 30.4 Å². The van der Waals surface area contributed by atoms with Crippen LogP contribution in [0.1, 0.15) is 17.0 Å². The van der Waals surface area contributed by atoms with Crippen molar-refractivity contribution in [2.45, 2.75) is 6.54 Å². The largest absolute Gasteiger partial charge is 0.364 e. The molecule has 0 aliphatic heterocycles. The van der Waals surface area contributed by atoms with Crippen LogP contribution in [0.5, 0.6) is 0 Å². The van der Waals surface area contributed by atoms with E-state index in [0.29, 0.717) is 17.8 Å². The molecule has 1 aromatic carbocycles. The van der Waals surface area contributed by atoms with Crippen LogP contribution in [-0.2, 0) is 6.54 Å². The van der Waals surface area contributed by atoms with E-state index < -0.39 is 0 Å². The van der Waals surface area contributed by atoms with Gasteiger partial charge in [0.25, 0.3) is 0 Å². The Morgan fingerprint density at radius 1 is 1.30 bits per heavy atom. The van der Waals surface area contributed by atoms with Gasteiger partial charge in [0.2, 0.25) is 0 Å². The van der Waals surface area contributed by atoms with E-state index in [1.165, 1.54) is 12.3 Å². The first-order valence-corrected chi connectivity index (χ1v) is 5.86. The molecule has 20 heavy (non-hydrogen) atoms. The van der Waals surface area contributed by atoms with Crippen LogP contribution in [-0.4, -0.2) is 10.1 Å². The molecule has 3 rings (SSSR count). The maximum Gasteiger partial charge on any atom is 0.131 e. The highest BCUT2D eigenvalue weighted by Crippen LogP contribution is 2.21. The lowest BCUT2D eigenvalue weighted by Gasteiger charge is -1.97. The Hall–Kier alpha value is -2.11. The number of nitrogens with zero attached hydrogens (tertiary/aromatic N) is 1. The minimum absolute atomic E-state index is 0. The Morgan fingerprint density at radius 2 is 2.15 bits per heavy atom. The molecule has 0 fully saturated rings. The third kappa shape index (κ3) is 2.74. The minimum atomic E-state index is -0.283. The van der Waals surface area contributed by atoms with Crippen molar-refractivity contribution in [1.82, 2.24) is 10.1 Å². The maximum absolute atomic E-state index is 13.9. The fraction of sp³-hybridized carbons (Fsp3) is 0.0714. The molecule has 2 heterocycles. The molecular weight excluding hydrogens is 281 g/mol. The van der Waals surface area contributed by atoms with Crippen LogP contribution in [0, 0.1) is 5.82 Å². The van der Waals surface area contributed by atoms with E-state index in [4.69, 9.17) is 10.3 Å². The lowest BCUT2D eigenvalue weighted by atomic mass is 10.1. The van der Waals surface area contributed by atoms with Crippen LogP contribution >= 0.6 is 12.4 Å². The molecule has 2 aromatic heterocycles. The topological polar surface area (TPSA) is 67.8 Å². The van der Waals surface area contributed by atoms with E-state index in [2.05, 4.69) is 10.1 Å². The van der Waals surface area contributed by atoms with Crippen LogP contribution in [0.15, 0.2) is 35.1 Å². The Morgan fingerprint density at radius 3 is 2.85 bits per heavy atom. The minimum Gasteiger partial charge on any atom is -0.364 e. The molecule has 0 spiro atoms. The maximum atomic E-state index is 13.9. The third-order valence-electron chi connectivity index (χ3n) is 2.91. The molecule has 0 radical (unpaired) electrons. The predicted octanol–water partition coefficient (Wildman–Crippen LogP) is 3.35. The summed E-state index contributed by atoms with van der Waals surface area (Å²) in [4.78, 5) is 3.15. The van der Waals surface area contributed by atoms with Crippen molar-refractivity contribution >= 4 is 35.5 Å². The molecule has 4 nitrogen and oxygen atoms in total. The van der Waals surface area contributed by atoms with Gasteiger partial charge in [0.05, 0.1) is 0 Å². The van der Waals surface area contributed by atoms with Gasteiger partial charge in [-0.1, -0.05) is 5.16 Å². The number of hydrogen-bond acceptors (Lipinski definition) is 3. The summed E-state index contributed by atoms with van der Waals surface area (Å²) >= 11 is 0. The number of benzene rings is 1. The molecule has 6 heteroatoms. The molecule has 0 bridgehead atoms. The summed E-state index contributed by atoms with van der Waals surface area (Å²) in [6.45, 7) is 0.403. The smallest absolute Gasteiger partial charge is 0.131 e.